The van der Waals surface area contributed by atoms with Crippen molar-refractivity contribution in [1.29, 1.82) is 5.26 Å². The molecule has 1 rings (SSSR count). The SMILES string of the molecule is N#Cc1ccc(C#CC=O)c(Cl)c1. The predicted octanol–water partition coefficient (Wildman–Crippen LogP) is 1.76. The third-order valence-corrected chi connectivity index (χ3v) is 1.68. The van der Waals surface area contributed by atoms with Gasteiger partial charge in [-0.15, -0.1) is 0 Å². The van der Waals surface area contributed by atoms with Gasteiger partial charge in [-0.05, 0) is 24.1 Å². The summed E-state index contributed by atoms with van der Waals surface area (Å²) in [5, 5.41) is 8.91. The molecule has 0 aliphatic heterocycles. The molecule has 2 nitrogen and oxygen atoms in total. The highest BCUT2D eigenvalue weighted by atomic mass is 35.5. The van der Waals surface area contributed by atoms with Crippen molar-refractivity contribution < 1.29 is 4.79 Å². The van der Waals surface area contributed by atoms with Crippen molar-refractivity contribution in [3.8, 4) is 17.9 Å². The van der Waals surface area contributed by atoms with E-state index in [0.717, 1.165) is 0 Å². The number of hydrogen-bond donors (Lipinski definition) is 0. The van der Waals surface area contributed by atoms with Crippen molar-refractivity contribution in [2.24, 2.45) is 0 Å². The molecule has 13 heavy (non-hydrogen) atoms. The highest BCUT2D eigenvalue weighted by molar-refractivity contribution is 6.31. The maximum atomic E-state index is 9.94. The first-order valence-electron chi connectivity index (χ1n) is 3.43. The van der Waals surface area contributed by atoms with Gasteiger partial charge in [-0.3, -0.25) is 4.79 Å². The molecular formula is C10H4ClNO. The number of carbonyl (C=O) groups is 1. The molecule has 0 amide bonds. The fraction of sp³-hybridized carbons (Fsp3) is 0. The van der Waals surface area contributed by atoms with Crippen molar-refractivity contribution in [3.63, 3.8) is 0 Å². The molecule has 0 bridgehead atoms. The molecule has 0 radical (unpaired) electrons. The number of carbonyl (C=O) groups excluding carboxylic acids is 1. The van der Waals surface area contributed by atoms with E-state index in [1.807, 2.05) is 6.07 Å². The van der Waals surface area contributed by atoms with Crippen LogP contribution < -0.4 is 0 Å². The lowest BCUT2D eigenvalue weighted by Gasteiger charge is -1.94. The van der Waals surface area contributed by atoms with Gasteiger partial charge >= 0.3 is 0 Å². The van der Waals surface area contributed by atoms with Gasteiger partial charge in [0.2, 0.25) is 0 Å². The van der Waals surface area contributed by atoms with Gasteiger partial charge in [-0.1, -0.05) is 17.5 Å². The summed E-state index contributed by atoms with van der Waals surface area (Å²) in [5.41, 5.74) is 1.02. The molecule has 0 fully saturated rings. The molecule has 0 N–H and O–H groups in total. The van der Waals surface area contributed by atoms with E-state index < -0.39 is 0 Å². The van der Waals surface area contributed by atoms with Gasteiger partial charge in [-0.2, -0.15) is 5.26 Å². The number of halogens is 1. The van der Waals surface area contributed by atoms with Crippen LogP contribution in [0, 0.1) is 23.2 Å². The maximum absolute atomic E-state index is 9.94. The minimum Gasteiger partial charge on any atom is -0.289 e. The molecule has 62 valence electrons. The van der Waals surface area contributed by atoms with Crippen LogP contribution in [-0.2, 0) is 4.79 Å². The van der Waals surface area contributed by atoms with E-state index in [0.29, 0.717) is 22.4 Å². The van der Waals surface area contributed by atoms with Gasteiger partial charge in [0.1, 0.15) is 0 Å². The van der Waals surface area contributed by atoms with Crippen LogP contribution in [0.25, 0.3) is 0 Å². The van der Waals surface area contributed by atoms with Crippen LogP contribution in [0.1, 0.15) is 11.1 Å². The topological polar surface area (TPSA) is 40.9 Å². The zero-order chi connectivity index (χ0) is 9.68. The number of nitriles is 1. The average Bonchev–Trinajstić information content (AvgIpc) is 2.16. The summed E-state index contributed by atoms with van der Waals surface area (Å²) in [4.78, 5) is 9.94. The number of rotatable bonds is 0. The summed E-state index contributed by atoms with van der Waals surface area (Å²) in [6.45, 7) is 0. The molecule has 0 unspecified atom stereocenters. The van der Waals surface area contributed by atoms with Crippen LogP contribution in [0.15, 0.2) is 18.2 Å². The molecule has 0 aliphatic carbocycles. The summed E-state index contributed by atoms with van der Waals surface area (Å²) < 4.78 is 0. The standard InChI is InChI=1S/C10H4ClNO/c11-10-6-8(7-12)3-4-9(10)2-1-5-13/h3-6H. The van der Waals surface area contributed by atoms with E-state index in [9.17, 15) is 4.79 Å². The van der Waals surface area contributed by atoms with Crippen molar-refractivity contribution in [2.75, 3.05) is 0 Å². The summed E-state index contributed by atoms with van der Waals surface area (Å²) in [6, 6.07) is 6.67. The lowest BCUT2D eigenvalue weighted by molar-refractivity contribution is -0.103. The van der Waals surface area contributed by atoms with Crippen LogP contribution in [0.3, 0.4) is 0 Å². The van der Waals surface area contributed by atoms with Crippen LogP contribution in [0.4, 0.5) is 0 Å². The number of benzene rings is 1. The number of aldehydes is 1. The van der Waals surface area contributed by atoms with E-state index >= 15 is 0 Å². The molecule has 0 spiro atoms. The molecule has 0 aliphatic rings. The molecule has 1 aromatic carbocycles. The summed E-state index contributed by atoms with van der Waals surface area (Å²) in [7, 11) is 0. The third-order valence-electron chi connectivity index (χ3n) is 1.36. The van der Waals surface area contributed by atoms with Gasteiger partial charge in [0.15, 0.2) is 6.29 Å². The van der Waals surface area contributed by atoms with E-state index in [1.54, 1.807) is 12.1 Å². The van der Waals surface area contributed by atoms with Crippen LogP contribution >= 0.6 is 11.6 Å². The monoisotopic (exact) mass is 189 g/mol. The van der Waals surface area contributed by atoms with Crippen molar-refractivity contribution in [3.05, 3.63) is 34.3 Å². The molecule has 0 heterocycles. The molecule has 0 saturated carbocycles. The smallest absolute Gasteiger partial charge is 0.193 e. The van der Waals surface area contributed by atoms with E-state index in [1.165, 1.54) is 6.07 Å². The Balaban J connectivity index is 3.14. The van der Waals surface area contributed by atoms with Gasteiger partial charge in [0, 0.05) is 5.56 Å². The summed E-state index contributed by atoms with van der Waals surface area (Å²) in [6.07, 6.45) is 0.495. The Morgan fingerprint density at radius 1 is 1.46 bits per heavy atom. The zero-order valence-corrected chi connectivity index (χ0v) is 7.30. The molecule has 0 atom stereocenters. The van der Waals surface area contributed by atoms with E-state index in [2.05, 4.69) is 11.8 Å². The first kappa shape index (κ1) is 9.32. The van der Waals surface area contributed by atoms with Crippen LogP contribution in [-0.4, -0.2) is 6.29 Å². The Hall–Kier alpha value is -1.77. The Bertz CT molecular complexity index is 434. The summed E-state index contributed by atoms with van der Waals surface area (Å²) >= 11 is 5.77. The Kier molecular flexibility index (Phi) is 3.09. The van der Waals surface area contributed by atoms with Gasteiger partial charge < -0.3 is 0 Å². The Morgan fingerprint density at radius 3 is 2.77 bits per heavy atom. The summed E-state index contributed by atoms with van der Waals surface area (Å²) in [5.74, 6) is 4.80. The molecular weight excluding hydrogens is 186 g/mol. The normalized spacial score (nSPS) is 8.00. The zero-order valence-electron chi connectivity index (χ0n) is 6.54. The Morgan fingerprint density at radius 2 is 2.23 bits per heavy atom. The quantitative estimate of drug-likeness (QED) is 0.461. The minimum atomic E-state index is 0.383. The minimum absolute atomic E-state index is 0.383. The Labute approximate surface area is 80.7 Å². The van der Waals surface area contributed by atoms with Crippen LogP contribution in [0.5, 0.6) is 0 Å². The third kappa shape index (κ3) is 2.33. The fourth-order valence-electron chi connectivity index (χ4n) is 0.793. The average molecular weight is 190 g/mol. The maximum Gasteiger partial charge on any atom is 0.193 e. The van der Waals surface area contributed by atoms with Gasteiger partial charge in [0.25, 0.3) is 0 Å². The van der Waals surface area contributed by atoms with E-state index in [-0.39, 0.29) is 0 Å². The number of hydrogen-bond acceptors (Lipinski definition) is 2. The predicted molar refractivity (Wildman–Crippen MR) is 49.1 cm³/mol. The van der Waals surface area contributed by atoms with Gasteiger partial charge in [-0.25, -0.2) is 0 Å². The second-order valence-electron chi connectivity index (χ2n) is 2.19. The molecule has 0 saturated heterocycles. The first-order valence-corrected chi connectivity index (χ1v) is 3.80. The molecule has 3 heteroatoms. The van der Waals surface area contributed by atoms with Crippen LogP contribution in [0.2, 0.25) is 5.02 Å². The van der Waals surface area contributed by atoms with E-state index in [4.69, 9.17) is 16.9 Å². The van der Waals surface area contributed by atoms with Crippen molar-refractivity contribution >= 4 is 17.9 Å². The van der Waals surface area contributed by atoms with Crippen molar-refractivity contribution in [1.82, 2.24) is 0 Å². The lowest BCUT2D eigenvalue weighted by Crippen LogP contribution is -1.80. The molecule has 1 aromatic rings. The highest BCUT2D eigenvalue weighted by Gasteiger charge is 1.97. The second kappa shape index (κ2) is 4.30. The lowest BCUT2D eigenvalue weighted by atomic mass is 10.1. The van der Waals surface area contributed by atoms with Gasteiger partial charge in [0.05, 0.1) is 16.7 Å². The molecule has 0 aromatic heterocycles. The first-order chi connectivity index (χ1) is 6.27. The largest absolute Gasteiger partial charge is 0.289 e. The van der Waals surface area contributed by atoms with Crippen molar-refractivity contribution in [2.45, 2.75) is 0 Å². The number of nitrogens with zero attached hydrogens (tertiary/aromatic N) is 1. The highest BCUT2D eigenvalue weighted by Crippen LogP contribution is 2.16. The second-order valence-corrected chi connectivity index (χ2v) is 2.60. The fourth-order valence-corrected chi connectivity index (χ4v) is 1.02.